The molecule has 1 atom stereocenters. The van der Waals surface area contributed by atoms with Gasteiger partial charge in [-0.3, -0.25) is 4.79 Å². The largest absolute Gasteiger partial charge is 0.366 e. The van der Waals surface area contributed by atoms with Gasteiger partial charge in [0, 0.05) is 17.8 Å². The van der Waals surface area contributed by atoms with E-state index in [2.05, 4.69) is 62.2 Å². The number of halogens is 1. The molecule has 154 valence electrons. The van der Waals surface area contributed by atoms with Crippen LogP contribution in [0.15, 0.2) is 35.4 Å². The Hall–Kier alpha value is -2.33. The standard InChI is InChI=1S/C24H30ClN3O/c1-7-28-22-11-16(3)18(12-20(22)17(4)13-24(28,5)6)14-26-27-23(29)19-9-8-15(2)10-21(19)25/h8-12,14,17H,7,13H2,1-6H3,(H,27,29)/b26-14+. The first-order chi connectivity index (χ1) is 13.6. The molecule has 5 heteroatoms. The van der Waals surface area contributed by atoms with Crippen molar-refractivity contribution in [2.75, 3.05) is 11.4 Å². The summed E-state index contributed by atoms with van der Waals surface area (Å²) in [7, 11) is 0. The molecule has 1 aliphatic heterocycles. The molecule has 0 aromatic heterocycles. The number of fused-ring (bicyclic) bond motifs is 1. The van der Waals surface area contributed by atoms with Gasteiger partial charge in [0.15, 0.2) is 0 Å². The summed E-state index contributed by atoms with van der Waals surface area (Å²) >= 11 is 6.17. The average molecular weight is 412 g/mol. The molecule has 0 saturated carbocycles. The number of anilines is 1. The van der Waals surface area contributed by atoms with Crippen molar-refractivity contribution in [1.82, 2.24) is 5.43 Å². The number of rotatable bonds is 4. The minimum absolute atomic E-state index is 0.143. The summed E-state index contributed by atoms with van der Waals surface area (Å²) in [6.07, 6.45) is 2.83. The van der Waals surface area contributed by atoms with Crippen molar-refractivity contribution in [2.45, 2.75) is 59.4 Å². The van der Waals surface area contributed by atoms with Gasteiger partial charge in [-0.2, -0.15) is 5.10 Å². The van der Waals surface area contributed by atoms with E-state index in [1.165, 1.54) is 11.3 Å². The topological polar surface area (TPSA) is 44.7 Å². The van der Waals surface area contributed by atoms with Crippen molar-refractivity contribution in [1.29, 1.82) is 0 Å². The first kappa shape index (κ1) is 21.4. The summed E-state index contributed by atoms with van der Waals surface area (Å²) in [6.45, 7) is 14.1. The molecule has 0 radical (unpaired) electrons. The predicted molar refractivity (Wildman–Crippen MR) is 123 cm³/mol. The van der Waals surface area contributed by atoms with Crippen molar-refractivity contribution >= 4 is 29.4 Å². The number of hydrazone groups is 1. The van der Waals surface area contributed by atoms with E-state index >= 15 is 0 Å². The number of carbonyl (C=O) groups is 1. The zero-order valence-corrected chi connectivity index (χ0v) is 18.9. The number of hydrogen-bond donors (Lipinski definition) is 1. The molecule has 1 heterocycles. The van der Waals surface area contributed by atoms with Gasteiger partial charge < -0.3 is 4.90 Å². The van der Waals surface area contributed by atoms with Crippen LogP contribution in [0.2, 0.25) is 5.02 Å². The highest BCUT2D eigenvalue weighted by Crippen LogP contribution is 2.43. The van der Waals surface area contributed by atoms with E-state index in [4.69, 9.17) is 11.6 Å². The molecule has 2 aromatic carbocycles. The van der Waals surface area contributed by atoms with Gasteiger partial charge in [0.1, 0.15) is 0 Å². The molecule has 29 heavy (non-hydrogen) atoms. The van der Waals surface area contributed by atoms with Gasteiger partial charge in [0.05, 0.1) is 16.8 Å². The van der Waals surface area contributed by atoms with Crippen LogP contribution in [-0.4, -0.2) is 24.2 Å². The van der Waals surface area contributed by atoms with Gasteiger partial charge in [-0.05, 0) is 93.5 Å². The SMILES string of the molecule is CCN1c2cc(C)c(/C=N/NC(=O)c3ccc(C)cc3Cl)cc2C(C)CC1(C)C. The Morgan fingerprint density at radius 2 is 2.03 bits per heavy atom. The summed E-state index contributed by atoms with van der Waals surface area (Å²) in [6, 6.07) is 9.81. The van der Waals surface area contributed by atoms with Crippen LogP contribution in [-0.2, 0) is 0 Å². The van der Waals surface area contributed by atoms with Crippen LogP contribution < -0.4 is 10.3 Å². The third kappa shape index (κ3) is 4.32. The van der Waals surface area contributed by atoms with Crippen LogP contribution in [0.5, 0.6) is 0 Å². The van der Waals surface area contributed by atoms with Crippen LogP contribution in [0.3, 0.4) is 0 Å². The summed E-state index contributed by atoms with van der Waals surface area (Å²) < 4.78 is 0. The molecular formula is C24H30ClN3O. The van der Waals surface area contributed by atoms with Crippen LogP contribution in [0.25, 0.3) is 0 Å². The van der Waals surface area contributed by atoms with E-state index in [0.29, 0.717) is 16.5 Å². The van der Waals surface area contributed by atoms with Gasteiger partial charge in [-0.25, -0.2) is 5.43 Å². The molecule has 1 amide bonds. The number of nitrogens with one attached hydrogen (secondary N) is 1. The van der Waals surface area contributed by atoms with Crippen molar-refractivity contribution in [3.63, 3.8) is 0 Å². The molecule has 4 nitrogen and oxygen atoms in total. The van der Waals surface area contributed by atoms with Gasteiger partial charge in [-0.15, -0.1) is 0 Å². The Labute approximate surface area is 179 Å². The van der Waals surface area contributed by atoms with Crippen LogP contribution in [0.4, 0.5) is 5.69 Å². The number of hydrogen-bond acceptors (Lipinski definition) is 3. The molecular weight excluding hydrogens is 382 g/mol. The lowest BCUT2D eigenvalue weighted by molar-refractivity contribution is 0.0955. The molecule has 0 spiro atoms. The number of benzene rings is 2. The fraction of sp³-hybridized carbons (Fsp3) is 0.417. The summed E-state index contributed by atoms with van der Waals surface area (Å²) in [5.41, 5.74) is 8.97. The Kier molecular flexibility index (Phi) is 6.04. The van der Waals surface area contributed by atoms with Crippen LogP contribution >= 0.6 is 11.6 Å². The third-order valence-corrected chi connectivity index (χ3v) is 6.14. The molecule has 3 rings (SSSR count). The quantitative estimate of drug-likeness (QED) is 0.507. The normalized spacial score (nSPS) is 18.0. The predicted octanol–water partition coefficient (Wildman–Crippen LogP) is 5.83. The lowest BCUT2D eigenvalue weighted by atomic mass is 9.79. The number of nitrogens with zero attached hydrogens (tertiary/aromatic N) is 2. The van der Waals surface area contributed by atoms with E-state index in [1.807, 2.05) is 13.0 Å². The summed E-state index contributed by atoms with van der Waals surface area (Å²) in [5, 5.41) is 4.62. The smallest absolute Gasteiger partial charge is 0.272 e. The van der Waals surface area contributed by atoms with E-state index in [9.17, 15) is 4.79 Å². The van der Waals surface area contributed by atoms with Crippen molar-refractivity contribution < 1.29 is 4.79 Å². The molecule has 0 aliphatic carbocycles. The van der Waals surface area contributed by atoms with E-state index in [0.717, 1.165) is 29.7 Å². The van der Waals surface area contributed by atoms with Gasteiger partial charge >= 0.3 is 0 Å². The highest BCUT2D eigenvalue weighted by molar-refractivity contribution is 6.33. The highest BCUT2D eigenvalue weighted by Gasteiger charge is 2.35. The maximum absolute atomic E-state index is 12.4. The average Bonchev–Trinajstić information content (AvgIpc) is 2.62. The number of aryl methyl sites for hydroxylation is 2. The Morgan fingerprint density at radius 1 is 1.31 bits per heavy atom. The van der Waals surface area contributed by atoms with Gasteiger partial charge in [0.25, 0.3) is 5.91 Å². The van der Waals surface area contributed by atoms with Crippen LogP contribution in [0, 0.1) is 13.8 Å². The fourth-order valence-electron chi connectivity index (χ4n) is 4.41. The lowest BCUT2D eigenvalue weighted by Gasteiger charge is -2.47. The maximum atomic E-state index is 12.4. The zero-order valence-electron chi connectivity index (χ0n) is 18.1. The van der Waals surface area contributed by atoms with E-state index in [-0.39, 0.29) is 11.4 Å². The minimum Gasteiger partial charge on any atom is -0.366 e. The second kappa shape index (κ2) is 8.19. The lowest BCUT2D eigenvalue weighted by Crippen LogP contribution is -2.48. The number of carbonyl (C=O) groups excluding carboxylic acids is 1. The molecule has 1 N–H and O–H groups in total. The van der Waals surface area contributed by atoms with Gasteiger partial charge in [-0.1, -0.05) is 24.6 Å². The molecule has 0 bridgehead atoms. The monoisotopic (exact) mass is 411 g/mol. The molecule has 2 aromatic rings. The van der Waals surface area contributed by atoms with Crippen molar-refractivity contribution in [3.05, 3.63) is 63.2 Å². The number of amides is 1. The van der Waals surface area contributed by atoms with Crippen molar-refractivity contribution in [2.24, 2.45) is 5.10 Å². The zero-order chi connectivity index (χ0) is 21.3. The second-order valence-corrected chi connectivity index (χ2v) is 9.02. The van der Waals surface area contributed by atoms with Gasteiger partial charge in [0.2, 0.25) is 0 Å². The molecule has 1 unspecified atom stereocenters. The second-order valence-electron chi connectivity index (χ2n) is 8.61. The minimum atomic E-state index is -0.311. The van der Waals surface area contributed by atoms with E-state index < -0.39 is 0 Å². The third-order valence-electron chi connectivity index (χ3n) is 5.83. The highest BCUT2D eigenvalue weighted by atomic mass is 35.5. The summed E-state index contributed by atoms with van der Waals surface area (Å²) in [4.78, 5) is 14.9. The fourth-order valence-corrected chi connectivity index (χ4v) is 4.73. The Bertz CT molecular complexity index is 965. The Morgan fingerprint density at radius 3 is 2.69 bits per heavy atom. The summed E-state index contributed by atoms with van der Waals surface area (Å²) in [5.74, 6) is 0.158. The van der Waals surface area contributed by atoms with Crippen molar-refractivity contribution in [3.8, 4) is 0 Å². The van der Waals surface area contributed by atoms with Crippen LogP contribution in [0.1, 0.15) is 72.6 Å². The first-order valence-corrected chi connectivity index (χ1v) is 10.5. The van der Waals surface area contributed by atoms with E-state index in [1.54, 1.807) is 18.3 Å². The molecule has 0 saturated heterocycles. The molecule has 0 fully saturated rings. The Balaban J connectivity index is 1.83. The first-order valence-electron chi connectivity index (χ1n) is 10.2. The maximum Gasteiger partial charge on any atom is 0.272 e. The molecule has 1 aliphatic rings.